The molecule has 2 nitrogen and oxygen atoms in total. The van der Waals surface area contributed by atoms with E-state index >= 15 is 0 Å². The Kier molecular flexibility index (Phi) is 3.95. The maximum Gasteiger partial charge on any atom is 0.280 e. The van der Waals surface area contributed by atoms with Crippen LogP contribution in [0.5, 0.6) is 0 Å². The first kappa shape index (κ1) is 11.2. The number of aldehydes is 1. The van der Waals surface area contributed by atoms with Crippen molar-refractivity contribution < 1.29 is 13.6 Å². The molecule has 0 N–H and O–H groups in total. The Labute approximate surface area is 100 Å². The van der Waals surface area contributed by atoms with Gasteiger partial charge in [0.05, 0.1) is 5.56 Å². The van der Waals surface area contributed by atoms with Crippen LogP contribution in [0.15, 0.2) is 6.07 Å². The summed E-state index contributed by atoms with van der Waals surface area (Å²) in [6.45, 7) is 0. The number of aromatic nitrogens is 1. The largest absolute Gasteiger partial charge is 0.298 e. The number of hydrogen-bond donors (Lipinski definition) is 0. The predicted molar refractivity (Wildman–Crippen MR) is 60.0 cm³/mol. The second kappa shape index (κ2) is 4.58. The van der Waals surface area contributed by atoms with E-state index in [1.165, 1.54) is 6.07 Å². The zero-order valence-corrected chi connectivity index (χ0v) is 10.4. The standard InChI is InChI=1S/C7H3F2I2NO/c8-6(9)5-1-4(10)3(2-13)7(11)12-5/h1-2,6H. The zero-order chi connectivity index (χ0) is 10.0. The van der Waals surface area contributed by atoms with Gasteiger partial charge in [0.1, 0.15) is 9.39 Å². The molecule has 0 amide bonds. The lowest BCUT2D eigenvalue weighted by atomic mass is 10.3. The molecular weight excluding hydrogens is 406 g/mol. The third kappa shape index (κ3) is 2.55. The number of alkyl halides is 2. The summed E-state index contributed by atoms with van der Waals surface area (Å²) in [5.74, 6) is 0. The summed E-state index contributed by atoms with van der Waals surface area (Å²) in [7, 11) is 0. The number of pyridine rings is 1. The fourth-order valence-electron chi connectivity index (χ4n) is 0.729. The van der Waals surface area contributed by atoms with Crippen LogP contribution < -0.4 is 0 Å². The van der Waals surface area contributed by atoms with Crippen molar-refractivity contribution in [1.82, 2.24) is 4.98 Å². The first-order valence-corrected chi connectivity index (χ1v) is 5.31. The molecule has 6 heteroatoms. The number of halogens is 4. The Balaban J connectivity index is 3.28. The highest BCUT2D eigenvalue weighted by Gasteiger charge is 2.14. The monoisotopic (exact) mass is 409 g/mol. The summed E-state index contributed by atoms with van der Waals surface area (Å²) in [5, 5.41) is 0. The van der Waals surface area contributed by atoms with Crippen LogP contribution in [0, 0.1) is 7.27 Å². The van der Waals surface area contributed by atoms with E-state index in [0.717, 1.165) is 0 Å². The third-order valence-electron chi connectivity index (χ3n) is 1.32. The van der Waals surface area contributed by atoms with Gasteiger partial charge in [0.2, 0.25) is 0 Å². The van der Waals surface area contributed by atoms with Crippen molar-refractivity contribution in [3.8, 4) is 0 Å². The fourth-order valence-corrected chi connectivity index (χ4v) is 2.64. The molecule has 1 aromatic heterocycles. The molecule has 0 aliphatic carbocycles. The SMILES string of the molecule is O=Cc1c(I)cc(C(F)F)nc1I. The van der Waals surface area contributed by atoms with Crippen molar-refractivity contribution in [2.75, 3.05) is 0 Å². The van der Waals surface area contributed by atoms with E-state index < -0.39 is 6.43 Å². The molecule has 0 atom stereocenters. The Hall–Kier alpha value is 0.140. The molecule has 13 heavy (non-hydrogen) atoms. The molecule has 0 aromatic carbocycles. The van der Waals surface area contributed by atoms with Gasteiger partial charge >= 0.3 is 0 Å². The van der Waals surface area contributed by atoms with Gasteiger partial charge in [0.15, 0.2) is 6.29 Å². The average molecular weight is 409 g/mol. The van der Waals surface area contributed by atoms with E-state index in [2.05, 4.69) is 4.98 Å². The summed E-state index contributed by atoms with van der Waals surface area (Å²) in [4.78, 5) is 14.1. The van der Waals surface area contributed by atoms with Crippen molar-refractivity contribution >= 4 is 51.5 Å². The number of carbonyl (C=O) groups excluding carboxylic acids is 1. The minimum absolute atomic E-state index is 0.292. The zero-order valence-electron chi connectivity index (χ0n) is 6.10. The quantitative estimate of drug-likeness (QED) is 0.427. The summed E-state index contributed by atoms with van der Waals surface area (Å²) >= 11 is 3.60. The highest BCUT2D eigenvalue weighted by atomic mass is 127. The van der Waals surface area contributed by atoms with Crippen molar-refractivity contribution in [3.05, 3.63) is 24.6 Å². The molecule has 0 bridgehead atoms. The van der Waals surface area contributed by atoms with Crippen LogP contribution in [0.3, 0.4) is 0 Å². The van der Waals surface area contributed by atoms with Crippen molar-refractivity contribution in [3.63, 3.8) is 0 Å². The molecule has 0 radical (unpaired) electrons. The second-order valence-electron chi connectivity index (χ2n) is 2.15. The molecular formula is C7H3F2I2NO. The lowest BCUT2D eigenvalue weighted by Gasteiger charge is -2.03. The molecule has 70 valence electrons. The van der Waals surface area contributed by atoms with Gasteiger partial charge in [-0.05, 0) is 51.2 Å². The Morgan fingerprint density at radius 2 is 2.08 bits per heavy atom. The molecule has 0 fully saturated rings. The van der Waals surface area contributed by atoms with Gasteiger partial charge in [-0.15, -0.1) is 0 Å². The normalized spacial score (nSPS) is 10.5. The second-order valence-corrected chi connectivity index (χ2v) is 4.34. The van der Waals surface area contributed by atoms with Gasteiger partial charge in [-0.2, -0.15) is 0 Å². The smallest absolute Gasteiger partial charge is 0.280 e. The van der Waals surface area contributed by atoms with Crippen molar-refractivity contribution in [1.29, 1.82) is 0 Å². The number of hydrogen-bond acceptors (Lipinski definition) is 2. The van der Waals surface area contributed by atoms with Crippen LogP contribution in [0.4, 0.5) is 8.78 Å². The van der Waals surface area contributed by atoms with Crippen LogP contribution in [0.1, 0.15) is 22.5 Å². The van der Waals surface area contributed by atoms with Gasteiger partial charge in [0.25, 0.3) is 6.43 Å². The maximum atomic E-state index is 12.2. The Bertz CT molecular complexity index is 320. The van der Waals surface area contributed by atoms with Crippen molar-refractivity contribution in [2.24, 2.45) is 0 Å². The minimum Gasteiger partial charge on any atom is -0.298 e. The van der Waals surface area contributed by atoms with Crippen LogP contribution in [-0.4, -0.2) is 11.3 Å². The number of nitrogens with zero attached hydrogens (tertiary/aromatic N) is 1. The molecule has 1 rings (SSSR count). The Morgan fingerprint density at radius 3 is 2.46 bits per heavy atom. The average Bonchev–Trinajstić information content (AvgIpc) is 2.03. The molecule has 0 aliphatic rings. The summed E-state index contributed by atoms with van der Waals surface area (Å²) < 4.78 is 25.2. The van der Waals surface area contributed by atoms with Crippen LogP contribution in [0.2, 0.25) is 0 Å². The van der Waals surface area contributed by atoms with Gasteiger partial charge in [-0.3, -0.25) is 4.79 Å². The molecule has 0 spiro atoms. The number of rotatable bonds is 2. The number of carbonyl (C=O) groups is 1. The summed E-state index contributed by atoms with van der Waals surface area (Å²) in [6, 6.07) is 1.22. The maximum absolute atomic E-state index is 12.2. The van der Waals surface area contributed by atoms with Crippen LogP contribution >= 0.6 is 45.2 Å². The molecule has 1 aromatic rings. The van der Waals surface area contributed by atoms with E-state index in [1.54, 1.807) is 22.6 Å². The van der Waals surface area contributed by atoms with E-state index in [1.807, 2.05) is 22.6 Å². The highest BCUT2D eigenvalue weighted by molar-refractivity contribution is 14.1. The van der Waals surface area contributed by atoms with Gasteiger partial charge < -0.3 is 0 Å². The summed E-state index contributed by atoms with van der Waals surface area (Å²) in [6.07, 6.45) is -1.98. The predicted octanol–water partition coefficient (Wildman–Crippen LogP) is 3.04. The van der Waals surface area contributed by atoms with Gasteiger partial charge in [-0.1, -0.05) is 0 Å². The fraction of sp³-hybridized carbons (Fsp3) is 0.143. The molecule has 0 unspecified atom stereocenters. The molecule has 1 heterocycles. The van der Waals surface area contributed by atoms with Gasteiger partial charge in [0, 0.05) is 3.57 Å². The first-order valence-electron chi connectivity index (χ1n) is 3.15. The molecule has 0 saturated heterocycles. The molecule has 0 aliphatic heterocycles. The van der Waals surface area contributed by atoms with E-state index in [0.29, 0.717) is 19.1 Å². The third-order valence-corrected chi connectivity index (χ3v) is 3.04. The Morgan fingerprint density at radius 1 is 1.46 bits per heavy atom. The lowest BCUT2D eigenvalue weighted by Crippen LogP contribution is -2.00. The van der Waals surface area contributed by atoms with E-state index in [-0.39, 0.29) is 5.69 Å². The molecule has 0 saturated carbocycles. The van der Waals surface area contributed by atoms with E-state index in [4.69, 9.17) is 0 Å². The highest BCUT2D eigenvalue weighted by Crippen LogP contribution is 2.23. The first-order chi connectivity index (χ1) is 6.06. The van der Waals surface area contributed by atoms with E-state index in [9.17, 15) is 13.6 Å². The van der Waals surface area contributed by atoms with Gasteiger partial charge in [-0.25, -0.2) is 13.8 Å². The van der Waals surface area contributed by atoms with Crippen molar-refractivity contribution in [2.45, 2.75) is 6.43 Å². The van der Waals surface area contributed by atoms with Crippen LogP contribution in [-0.2, 0) is 0 Å². The topological polar surface area (TPSA) is 30.0 Å². The minimum atomic E-state index is -2.59. The van der Waals surface area contributed by atoms with Crippen LogP contribution in [0.25, 0.3) is 0 Å². The summed E-state index contributed by atoms with van der Waals surface area (Å²) in [5.41, 5.74) is 0.0741. The lowest BCUT2D eigenvalue weighted by molar-refractivity contribution is 0.112.